The molecule has 0 atom stereocenters. The summed E-state index contributed by atoms with van der Waals surface area (Å²) >= 11 is 0. The summed E-state index contributed by atoms with van der Waals surface area (Å²) in [6.45, 7) is 0.521. The molecule has 0 saturated carbocycles. The number of hydrogen-bond acceptors (Lipinski definition) is 3. The Labute approximate surface area is 48.4 Å². The summed E-state index contributed by atoms with van der Waals surface area (Å²) < 4.78 is 4.80. The molecule has 0 aromatic carbocycles. The molecule has 0 aromatic heterocycles. The van der Waals surface area contributed by atoms with Crippen molar-refractivity contribution in [3.05, 3.63) is 12.5 Å². The van der Waals surface area contributed by atoms with E-state index in [2.05, 4.69) is 0 Å². The van der Waals surface area contributed by atoms with Crippen molar-refractivity contribution in [1.29, 1.82) is 5.26 Å². The van der Waals surface area contributed by atoms with Gasteiger partial charge >= 0.3 is 7.41 Å². The van der Waals surface area contributed by atoms with Crippen LogP contribution < -0.4 is 0 Å². The lowest BCUT2D eigenvalue weighted by molar-refractivity contribution is 0.222. The van der Waals surface area contributed by atoms with E-state index in [9.17, 15) is 0 Å². The largest absolute Gasteiger partial charge is 0.480 e. The third kappa shape index (κ3) is 0.939. The highest BCUT2D eigenvalue weighted by atomic mass is 16.5. The van der Waals surface area contributed by atoms with Gasteiger partial charge in [-0.1, -0.05) is 0 Å². The molecule has 0 aromatic rings. The second-order valence-corrected chi connectivity index (χ2v) is 1.49. The van der Waals surface area contributed by atoms with E-state index in [1.54, 1.807) is 17.3 Å². The summed E-state index contributed by atoms with van der Waals surface area (Å²) in [5.74, 6) is 2.00. The molecule has 0 spiro atoms. The zero-order valence-electron chi connectivity index (χ0n) is 4.37. The quantitative estimate of drug-likeness (QED) is 0.428. The molecule has 40 valence electrons. The molecule has 0 bridgehead atoms. The molecule has 4 heteroatoms. The van der Waals surface area contributed by atoms with Crippen LogP contribution in [-0.2, 0) is 4.74 Å². The van der Waals surface area contributed by atoms with Gasteiger partial charge in [0.2, 0.25) is 0 Å². The summed E-state index contributed by atoms with van der Waals surface area (Å²) in [5, 5.41) is 8.15. The van der Waals surface area contributed by atoms with Crippen LogP contribution in [0.1, 0.15) is 0 Å². The summed E-state index contributed by atoms with van der Waals surface area (Å²) in [5.41, 5.74) is 0. The van der Waals surface area contributed by atoms with E-state index < -0.39 is 0 Å². The van der Waals surface area contributed by atoms with Gasteiger partial charge in [0, 0.05) is 12.2 Å². The second kappa shape index (κ2) is 2.27. The molecule has 0 unspecified atom stereocenters. The van der Waals surface area contributed by atoms with E-state index in [-0.39, 0.29) is 0 Å². The van der Waals surface area contributed by atoms with Crippen LogP contribution >= 0.6 is 0 Å². The van der Waals surface area contributed by atoms with Gasteiger partial charge in [-0.2, -0.15) is 0 Å². The number of nitrogens with zero attached hydrogens (tertiary/aromatic N) is 2. The molecule has 1 heterocycles. The Hall–Kier alpha value is -1.11. The van der Waals surface area contributed by atoms with Crippen LogP contribution in [0.25, 0.3) is 0 Å². The highest BCUT2D eigenvalue weighted by Crippen LogP contribution is 1.96. The molecule has 0 radical (unpaired) electrons. The monoisotopic (exact) mass is 108 g/mol. The van der Waals surface area contributed by atoms with Crippen molar-refractivity contribution < 1.29 is 4.74 Å². The molecule has 0 amide bonds. The SMILES string of the molecule is N#CBN1C=COC1. The van der Waals surface area contributed by atoms with Crippen molar-refractivity contribution >= 4 is 7.41 Å². The Morgan fingerprint density at radius 3 is 3.25 bits per heavy atom. The van der Waals surface area contributed by atoms with Crippen molar-refractivity contribution in [1.82, 2.24) is 4.81 Å². The van der Waals surface area contributed by atoms with E-state index in [1.807, 2.05) is 5.97 Å². The fourth-order valence-corrected chi connectivity index (χ4v) is 0.500. The van der Waals surface area contributed by atoms with Gasteiger partial charge < -0.3 is 9.55 Å². The van der Waals surface area contributed by atoms with Gasteiger partial charge in [-0.3, -0.25) is 0 Å². The molecule has 0 aliphatic carbocycles. The minimum absolute atomic E-state index is 0.413. The lowest BCUT2D eigenvalue weighted by Crippen LogP contribution is -2.18. The van der Waals surface area contributed by atoms with Gasteiger partial charge in [0.1, 0.15) is 13.0 Å². The Balaban J connectivity index is 2.28. The number of ether oxygens (including phenoxy) is 1. The van der Waals surface area contributed by atoms with Gasteiger partial charge in [0.05, 0.1) is 0 Å². The van der Waals surface area contributed by atoms with Gasteiger partial charge in [-0.25, -0.2) is 5.26 Å². The Morgan fingerprint density at radius 1 is 1.88 bits per heavy atom. The van der Waals surface area contributed by atoms with E-state index in [0.717, 1.165) is 0 Å². The molecule has 0 N–H and O–H groups in total. The molecule has 0 fully saturated rings. The van der Waals surface area contributed by atoms with Gasteiger partial charge in [-0.05, 0) is 0 Å². The standard InChI is InChI=1S/C4H5BN2O/c6-3-5-7-1-2-8-4-7/h1-2,5H,4H2. The molecule has 0 saturated heterocycles. The van der Waals surface area contributed by atoms with E-state index in [1.165, 1.54) is 0 Å². The Kier molecular flexibility index (Phi) is 1.43. The van der Waals surface area contributed by atoms with Crippen molar-refractivity contribution in [3.63, 3.8) is 0 Å². The van der Waals surface area contributed by atoms with Crippen LogP contribution in [0.2, 0.25) is 0 Å². The molecular formula is C4H5BN2O. The van der Waals surface area contributed by atoms with E-state index >= 15 is 0 Å². The van der Waals surface area contributed by atoms with Crippen LogP contribution in [0.5, 0.6) is 0 Å². The zero-order valence-corrected chi connectivity index (χ0v) is 4.37. The first-order valence-electron chi connectivity index (χ1n) is 2.33. The van der Waals surface area contributed by atoms with E-state index in [0.29, 0.717) is 14.1 Å². The Bertz CT molecular complexity index is 139. The first-order valence-corrected chi connectivity index (χ1v) is 2.33. The van der Waals surface area contributed by atoms with E-state index in [4.69, 9.17) is 10.00 Å². The third-order valence-corrected chi connectivity index (χ3v) is 0.882. The van der Waals surface area contributed by atoms with Gasteiger partial charge in [-0.15, -0.1) is 0 Å². The molecular weight excluding hydrogens is 103 g/mol. The number of hydrogen-bond donors (Lipinski definition) is 0. The summed E-state index contributed by atoms with van der Waals surface area (Å²) in [7, 11) is 0.413. The zero-order chi connectivity index (χ0) is 5.82. The highest BCUT2D eigenvalue weighted by molar-refractivity contribution is 6.42. The maximum Gasteiger partial charge on any atom is 0.362 e. The van der Waals surface area contributed by atoms with Gasteiger partial charge in [0.15, 0.2) is 0 Å². The van der Waals surface area contributed by atoms with Crippen molar-refractivity contribution in [2.75, 3.05) is 6.73 Å². The number of nitriles is 1. The average molecular weight is 108 g/mol. The smallest absolute Gasteiger partial charge is 0.362 e. The normalized spacial score (nSPS) is 15.1. The predicted molar refractivity (Wildman–Crippen MR) is 29.7 cm³/mol. The average Bonchev–Trinajstić information content (AvgIpc) is 2.19. The molecule has 1 rings (SSSR count). The Morgan fingerprint density at radius 2 is 2.75 bits per heavy atom. The minimum atomic E-state index is 0.413. The highest BCUT2D eigenvalue weighted by Gasteiger charge is 2.03. The molecule has 3 nitrogen and oxygen atoms in total. The van der Waals surface area contributed by atoms with Crippen molar-refractivity contribution in [3.8, 4) is 5.97 Å². The van der Waals surface area contributed by atoms with Crippen LogP contribution in [0, 0.1) is 11.2 Å². The summed E-state index contributed by atoms with van der Waals surface area (Å²) in [6.07, 6.45) is 3.33. The predicted octanol–water partition coefficient (Wildman–Crippen LogP) is -0.420. The van der Waals surface area contributed by atoms with Crippen LogP contribution in [0.3, 0.4) is 0 Å². The maximum absolute atomic E-state index is 8.15. The summed E-state index contributed by atoms with van der Waals surface area (Å²) in [4.78, 5) is 1.78. The van der Waals surface area contributed by atoms with Crippen molar-refractivity contribution in [2.45, 2.75) is 0 Å². The fraction of sp³-hybridized carbons (Fsp3) is 0.250. The van der Waals surface area contributed by atoms with Crippen molar-refractivity contribution in [2.24, 2.45) is 0 Å². The van der Waals surface area contributed by atoms with Crippen LogP contribution in [0.15, 0.2) is 12.5 Å². The minimum Gasteiger partial charge on any atom is -0.480 e. The third-order valence-electron chi connectivity index (χ3n) is 0.882. The molecule has 1 aliphatic heterocycles. The number of rotatable bonds is 1. The van der Waals surface area contributed by atoms with Crippen LogP contribution in [-0.4, -0.2) is 19.0 Å². The fourth-order valence-electron chi connectivity index (χ4n) is 0.500. The second-order valence-electron chi connectivity index (χ2n) is 1.49. The first kappa shape index (κ1) is 5.04. The first-order chi connectivity index (χ1) is 3.93. The van der Waals surface area contributed by atoms with Gasteiger partial charge in [0.25, 0.3) is 0 Å². The molecule has 1 aliphatic rings. The lowest BCUT2D eigenvalue weighted by atomic mass is 9.97. The van der Waals surface area contributed by atoms with Crippen LogP contribution in [0.4, 0.5) is 0 Å². The topological polar surface area (TPSA) is 36.3 Å². The summed E-state index contributed by atoms with van der Waals surface area (Å²) in [6, 6.07) is 0. The maximum atomic E-state index is 8.15. The lowest BCUT2D eigenvalue weighted by Gasteiger charge is -2.04. The molecule has 8 heavy (non-hydrogen) atoms.